The molecule has 21 heavy (non-hydrogen) atoms. The van der Waals surface area contributed by atoms with Crippen molar-refractivity contribution >= 4 is 11.9 Å². The lowest BCUT2D eigenvalue weighted by Crippen LogP contribution is -2.12. The molecule has 4 heteroatoms. The van der Waals surface area contributed by atoms with Gasteiger partial charge in [0.15, 0.2) is 0 Å². The number of ether oxygens (including phenoxy) is 1. The van der Waals surface area contributed by atoms with Crippen molar-refractivity contribution in [3.05, 3.63) is 70.8 Å². The minimum atomic E-state index is -1.13. The average molecular weight is 284 g/mol. The molecule has 0 aliphatic rings. The third kappa shape index (κ3) is 3.69. The lowest BCUT2D eigenvalue weighted by atomic mass is 10.0. The second-order valence-electron chi connectivity index (χ2n) is 4.60. The maximum atomic E-state index is 12.1. The summed E-state index contributed by atoms with van der Waals surface area (Å²) in [6.45, 7) is 2.04. The predicted octanol–water partition coefficient (Wildman–Crippen LogP) is 3.30. The second kappa shape index (κ2) is 6.70. The van der Waals surface area contributed by atoms with Gasteiger partial charge in [-0.3, -0.25) is 0 Å². The van der Waals surface area contributed by atoms with Gasteiger partial charge < -0.3 is 9.84 Å². The number of carbonyl (C=O) groups excluding carboxylic acids is 1. The van der Waals surface area contributed by atoms with E-state index in [1.54, 1.807) is 6.07 Å². The Balaban J connectivity index is 2.17. The topological polar surface area (TPSA) is 63.6 Å². The van der Waals surface area contributed by atoms with Gasteiger partial charge in [0.25, 0.3) is 0 Å². The van der Waals surface area contributed by atoms with Crippen LogP contribution in [0.5, 0.6) is 0 Å². The maximum absolute atomic E-state index is 12.1. The molecule has 0 unspecified atom stereocenters. The van der Waals surface area contributed by atoms with Crippen LogP contribution in [0.3, 0.4) is 0 Å². The van der Waals surface area contributed by atoms with Crippen molar-refractivity contribution in [3.8, 4) is 0 Å². The summed E-state index contributed by atoms with van der Waals surface area (Å²) in [7, 11) is 0. The number of hydrogen-bond acceptors (Lipinski definition) is 3. The number of aromatic carboxylic acids is 1. The summed E-state index contributed by atoms with van der Waals surface area (Å²) in [5.74, 6) is -1.75. The Bertz CT molecular complexity index is 647. The molecule has 1 N–H and O–H groups in total. The van der Waals surface area contributed by atoms with Gasteiger partial charge in [-0.25, -0.2) is 9.59 Å². The standard InChI is InChI=1S/C17H16O4/c1-2-12-8-9-14(15(10-12)16(18)19)17(20)21-11-13-6-4-3-5-7-13/h3-10H,2,11H2,1H3,(H,18,19). The van der Waals surface area contributed by atoms with Crippen molar-refractivity contribution in [1.82, 2.24) is 0 Å². The number of carbonyl (C=O) groups is 2. The number of carboxylic acids is 1. The molecule has 4 nitrogen and oxygen atoms in total. The molecule has 2 aromatic carbocycles. The second-order valence-corrected chi connectivity index (χ2v) is 4.60. The van der Waals surface area contributed by atoms with E-state index in [0.29, 0.717) is 6.42 Å². The number of benzene rings is 2. The van der Waals surface area contributed by atoms with Gasteiger partial charge in [0.1, 0.15) is 6.61 Å². The average Bonchev–Trinajstić information content (AvgIpc) is 2.52. The van der Waals surface area contributed by atoms with Gasteiger partial charge in [0, 0.05) is 0 Å². The lowest BCUT2D eigenvalue weighted by Gasteiger charge is -2.08. The summed E-state index contributed by atoms with van der Waals surface area (Å²) in [4.78, 5) is 23.3. The Morgan fingerprint density at radius 3 is 2.33 bits per heavy atom. The van der Waals surface area contributed by atoms with Crippen molar-refractivity contribution in [1.29, 1.82) is 0 Å². The van der Waals surface area contributed by atoms with Gasteiger partial charge in [-0.1, -0.05) is 43.3 Å². The quantitative estimate of drug-likeness (QED) is 0.856. The summed E-state index contributed by atoms with van der Waals surface area (Å²) in [5.41, 5.74) is 1.78. The van der Waals surface area contributed by atoms with E-state index < -0.39 is 11.9 Å². The molecule has 0 fully saturated rings. The van der Waals surface area contributed by atoms with Crippen molar-refractivity contribution in [2.45, 2.75) is 20.0 Å². The molecule has 0 aliphatic heterocycles. The first-order valence-corrected chi connectivity index (χ1v) is 6.69. The van der Waals surface area contributed by atoms with E-state index in [2.05, 4.69) is 0 Å². The minimum absolute atomic E-state index is 0.0209. The number of rotatable bonds is 5. The Morgan fingerprint density at radius 1 is 1.00 bits per heavy atom. The molecule has 0 radical (unpaired) electrons. The summed E-state index contributed by atoms with van der Waals surface area (Å²) >= 11 is 0. The van der Waals surface area contributed by atoms with Gasteiger partial charge in [0.2, 0.25) is 0 Å². The van der Waals surface area contributed by atoms with Crippen LogP contribution < -0.4 is 0 Å². The smallest absolute Gasteiger partial charge is 0.339 e. The van der Waals surface area contributed by atoms with Crippen LogP contribution in [0.15, 0.2) is 48.5 Å². The molecule has 0 bridgehead atoms. The van der Waals surface area contributed by atoms with Gasteiger partial charge in [-0.15, -0.1) is 0 Å². The molecule has 0 spiro atoms. The van der Waals surface area contributed by atoms with Crippen molar-refractivity contribution in [2.75, 3.05) is 0 Å². The van der Waals surface area contributed by atoms with E-state index in [4.69, 9.17) is 4.74 Å². The van der Waals surface area contributed by atoms with Crippen molar-refractivity contribution < 1.29 is 19.4 Å². The third-order valence-electron chi connectivity index (χ3n) is 3.16. The van der Waals surface area contributed by atoms with Crippen LogP contribution >= 0.6 is 0 Å². The molecular formula is C17H16O4. The monoisotopic (exact) mass is 284 g/mol. The first kappa shape index (κ1) is 14.8. The third-order valence-corrected chi connectivity index (χ3v) is 3.16. The highest BCUT2D eigenvalue weighted by Gasteiger charge is 2.18. The normalized spacial score (nSPS) is 10.1. The Morgan fingerprint density at radius 2 is 1.71 bits per heavy atom. The highest BCUT2D eigenvalue weighted by atomic mass is 16.5. The predicted molar refractivity (Wildman–Crippen MR) is 78.3 cm³/mol. The van der Waals surface area contributed by atoms with Crippen LogP contribution in [0.1, 0.15) is 38.8 Å². The minimum Gasteiger partial charge on any atom is -0.478 e. The van der Waals surface area contributed by atoms with Crippen molar-refractivity contribution in [3.63, 3.8) is 0 Å². The Kier molecular flexibility index (Phi) is 4.72. The zero-order valence-electron chi connectivity index (χ0n) is 11.7. The molecule has 0 atom stereocenters. The zero-order valence-corrected chi connectivity index (χ0v) is 11.7. The first-order chi connectivity index (χ1) is 10.1. The molecular weight excluding hydrogens is 268 g/mol. The number of esters is 1. The van der Waals surface area contributed by atoms with Crippen LogP contribution in [0.25, 0.3) is 0 Å². The highest BCUT2D eigenvalue weighted by molar-refractivity contribution is 6.02. The SMILES string of the molecule is CCc1ccc(C(=O)OCc2ccccc2)c(C(=O)O)c1. The van der Waals surface area contributed by atoms with E-state index in [1.165, 1.54) is 12.1 Å². The van der Waals surface area contributed by atoms with Gasteiger partial charge in [-0.05, 0) is 29.7 Å². The lowest BCUT2D eigenvalue weighted by molar-refractivity contribution is 0.0463. The van der Waals surface area contributed by atoms with Crippen LogP contribution in [0.4, 0.5) is 0 Å². The Labute approximate surface area is 123 Å². The fourth-order valence-corrected chi connectivity index (χ4v) is 1.97. The van der Waals surface area contributed by atoms with E-state index in [-0.39, 0.29) is 17.7 Å². The summed E-state index contributed by atoms with van der Waals surface area (Å²) in [6.07, 6.45) is 0.708. The van der Waals surface area contributed by atoms with Gasteiger partial charge in [0.05, 0.1) is 11.1 Å². The maximum Gasteiger partial charge on any atom is 0.339 e. The molecule has 0 amide bonds. The Hall–Kier alpha value is -2.62. The van der Waals surface area contributed by atoms with Gasteiger partial charge in [-0.2, -0.15) is 0 Å². The van der Waals surface area contributed by atoms with E-state index in [0.717, 1.165) is 11.1 Å². The molecule has 0 heterocycles. The zero-order chi connectivity index (χ0) is 15.2. The number of hydrogen-bond donors (Lipinski definition) is 1. The van der Waals surface area contributed by atoms with Crippen LogP contribution in [0, 0.1) is 0 Å². The molecule has 2 aromatic rings. The number of carboxylic acid groups (broad SMARTS) is 1. The summed E-state index contributed by atoms with van der Waals surface area (Å²) < 4.78 is 5.18. The number of aryl methyl sites for hydroxylation is 1. The largest absolute Gasteiger partial charge is 0.478 e. The fourth-order valence-electron chi connectivity index (χ4n) is 1.97. The summed E-state index contributed by atoms with van der Waals surface area (Å²) in [5, 5.41) is 9.21. The molecule has 2 rings (SSSR count). The van der Waals surface area contributed by atoms with Crippen molar-refractivity contribution in [2.24, 2.45) is 0 Å². The van der Waals surface area contributed by atoms with E-state index in [1.807, 2.05) is 37.3 Å². The molecule has 0 aromatic heterocycles. The van der Waals surface area contributed by atoms with Crippen LogP contribution in [-0.2, 0) is 17.8 Å². The fraction of sp³-hybridized carbons (Fsp3) is 0.176. The molecule has 0 saturated carbocycles. The first-order valence-electron chi connectivity index (χ1n) is 6.69. The van der Waals surface area contributed by atoms with Crippen LogP contribution in [0.2, 0.25) is 0 Å². The molecule has 0 aliphatic carbocycles. The van der Waals surface area contributed by atoms with E-state index in [9.17, 15) is 14.7 Å². The molecule has 0 saturated heterocycles. The molecule has 108 valence electrons. The summed E-state index contributed by atoms with van der Waals surface area (Å²) in [6, 6.07) is 14.0. The van der Waals surface area contributed by atoms with Crippen LogP contribution in [-0.4, -0.2) is 17.0 Å². The van der Waals surface area contributed by atoms with E-state index >= 15 is 0 Å². The highest BCUT2D eigenvalue weighted by Crippen LogP contribution is 2.15. The van der Waals surface area contributed by atoms with Gasteiger partial charge >= 0.3 is 11.9 Å².